The van der Waals surface area contributed by atoms with Crippen molar-refractivity contribution in [3.8, 4) is 5.75 Å². The lowest BCUT2D eigenvalue weighted by molar-refractivity contribution is 0.467. The van der Waals surface area contributed by atoms with Crippen LogP contribution in [0, 0.1) is 6.07 Å². The van der Waals surface area contributed by atoms with E-state index < -0.39 is 0 Å². The molecule has 0 spiro atoms. The van der Waals surface area contributed by atoms with E-state index in [2.05, 4.69) is 13.0 Å². The van der Waals surface area contributed by atoms with E-state index in [0.717, 1.165) is 18.4 Å². The summed E-state index contributed by atoms with van der Waals surface area (Å²) in [6.45, 7) is 2.09. The Labute approximate surface area is 61.3 Å². The lowest BCUT2D eigenvalue weighted by Crippen LogP contribution is -1.82. The van der Waals surface area contributed by atoms with E-state index in [9.17, 15) is 5.11 Å². The topological polar surface area (TPSA) is 20.2 Å². The van der Waals surface area contributed by atoms with Gasteiger partial charge >= 0.3 is 0 Å². The molecule has 0 saturated carbocycles. The van der Waals surface area contributed by atoms with E-state index in [0.29, 0.717) is 5.75 Å². The van der Waals surface area contributed by atoms with Crippen molar-refractivity contribution < 1.29 is 5.11 Å². The molecule has 10 heavy (non-hydrogen) atoms. The minimum Gasteiger partial charge on any atom is -0.508 e. The molecule has 1 aromatic carbocycles. The number of hydrogen-bond donors (Lipinski definition) is 1. The van der Waals surface area contributed by atoms with Gasteiger partial charge in [0.2, 0.25) is 0 Å². The summed E-state index contributed by atoms with van der Waals surface area (Å²) >= 11 is 0. The summed E-state index contributed by atoms with van der Waals surface area (Å²) in [7, 11) is 0. The summed E-state index contributed by atoms with van der Waals surface area (Å²) < 4.78 is 0. The first kappa shape index (κ1) is 7.13. The molecule has 1 aromatic rings. The Bertz CT molecular complexity index is 206. The van der Waals surface area contributed by atoms with Gasteiger partial charge in [0.25, 0.3) is 0 Å². The molecule has 0 heterocycles. The van der Waals surface area contributed by atoms with Crippen molar-refractivity contribution in [1.82, 2.24) is 0 Å². The number of benzene rings is 1. The Kier molecular flexibility index (Phi) is 2.32. The molecule has 0 atom stereocenters. The van der Waals surface area contributed by atoms with E-state index in [4.69, 9.17) is 0 Å². The molecular formula is C9H11O. The number of aryl methyl sites for hydroxylation is 1. The molecule has 0 amide bonds. The fourth-order valence-electron chi connectivity index (χ4n) is 0.935. The summed E-state index contributed by atoms with van der Waals surface area (Å²) in [5.41, 5.74) is 1.02. The Morgan fingerprint density at radius 3 is 3.00 bits per heavy atom. The highest BCUT2D eigenvalue weighted by molar-refractivity contribution is 5.30. The van der Waals surface area contributed by atoms with Crippen LogP contribution in [0.3, 0.4) is 0 Å². The van der Waals surface area contributed by atoms with Crippen LogP contribution in [0.25, 0.3) is 0 Å². The first-order valence-electron chi connectivity index (χ1n) is 3.52. The summed E-state index contributed by atoms with van der Waals surface area (Å²) in [4.78, 5) is 0. The lowest BCUT2D eigenvalue weighted by Gasteiger charge is -1.99. The molecule has 1 heteroatoms. The Morgan fingerprint density at radius 1 is 1.60 bits per heavy atom. The first-order valence-corrected chi connectivity index (χ1v) is 3.52. The van der Waals surface area contributed by atoms with Gasteiger partial charge in [-0.1, -0.05) is 25.5 Å². The van der Waals surface area contributed by atoms with Crippen molar-refractivity contribution in [2.24, 2.45) is 0 Å². The summed E-state index contributed by atoms with van der Waals surface area (Å²) in [5, 5.41) is 9.21. The van der Waals surface area contributed by atoms with Crippen molar-refractivity contribution in [3.63, 3.8) is 0 Å². The SMILES string of the molecule is CCCc1cc[c]cc1O. The number of hydrogen-bond acceptors (Lipinski definition) is 1. The van der Waals surface area contributed by atoms with Gasteiger partial charge < -0.3 is 5.11 Å². The smallest absolute Gasteiger partial charge is 0.119 e. The van der Waals surface area contributed by atoms with Crippen LogP contribution in [0.5, 0.6) is 5.75 Å². The van der Waals surface area contributed by atoms with Crippen molar-refractivity contribution in [3.05, 3.63) is 29.8 Å². The Balaban J connectivity index is 2.81. The van der Waals surface area contributed by atoms with Crippen molar-refractivity contribution in [2.45, 2.75) is 19.8 Å². The maximum atomic E-state index is 9.21. The Morgan fingerprint density at radius 2 is 2.40 bits per heavy atom. The van der Waals surface area contributed by atoms with Gasteiger partial charge in [0, 0.05) is 0 Å². The zero-order valence-electron chi connectivity index (χ0n) is 6.09. The average Bonchev–Trinajstić information content (AvgIpc) is 1.94. The van der Waals surface area contributed by atoms with Gasteiger partial charge in [-0.2, -0.15) is 0 Å². The number of aromatic hydroxyl groups is 1. The molecular weight excluding hydrogens is 124 g/mol. The van der Waals surface area contributed by atoms with Gasteiger partial charge in [0.15, 0.2) is 0 Å². The van der Waals surface area contributed by atoms with Gasteiger partial charge in [0.1, 0.15) is 5.75 Å². The molecule has 0 aliphatic carbocycles. The third kappa shape index (κ3) is 1.50. The zero-order valence-corrected chi connectivity index (χ0v) is 6.09. The van der Waals surface area contributed by atoms with Crippen molar-refractivity contribution in [1.29, 1.82) is 0 Å². The molecule has 0 aliphatic heterocycles. The van der Waals surface area contributed by atoms with E-state index in [1.807, 2.05) is 12.1 Å². The van der Waals surface area contributed by atoms with Crippen LogP contribution < -0.4 is 0 Å². The normalized spacial score (nSPS) is 9.70. The van der Waals surface area contributed by atoms with Crippen LogP contribution >= 0.6 is 0 Å². The fraction of sp³-hybridized carbons (Fsp3) is 0.333. The number of phenolic OH excluding ortho intramolecular Hbond substituents is 1. The second-order valence-electron chi connectivity index (χ2n) is 2.30. The van der Waals surface area contributed by atoms with Crippen molar-refractivity contribution in [2.75, 3.05) is 0 Å². The summed E-state index contributed by atoms with van der Waals surface area (Å²) in [5.74, 6) is 0.365. The van der Waals surface area contributed by atoms with Gasteiger partial charge in [-0.05, 0) is 24.1 Å². The van der Waals surface area contributed by atoms with Gasteiger partial charge in [-0.15, -0.1) is 0 Å². The molecule has 1 rings (SSSR count). The van der Waals surface area contributed by atoms with Gasteiger partial charge in [-0.25, -0.2) is 0 Å². The van der Waals surface area contributed by atoms with Gasteiger partial charge in [-0.3, -0.25) is 0 Å². The lowest BCUT2D eigenvalue weighted by atomic mass is 10.1. The highest BCUT2D eigenvalue weighted by Gasteiger charge is 1.95. The first-order chi connectivity index (χ1) is 4.84. The van der Waals surface area contributed by atoms with Crippen LogP contribution in [0.15, 0.2) is 18.2 Å². The highest BCUT2D eigenvalue weighted by atomic mass is 16.3. The van der Waals surface area contributed by atoms with Crippen LogP contribution in [0.1, 0.15) is 18.9 Å². The third-order valence-electron chi connectivity index (χ3n) is 1.45. The van der Waals surface area contributed by atoms with Crippen LogP contribution in [0.4, 0.5) is 0 Å². The molecule has 0 fully saturated rings. The number of phenols is 1. The summed E-state index contributed by atoms with van der Waals surface area (Å²) in [6, 6.07) is 8.14. The van der Waals surface area contributed by atoms with E-state index in [-0.39, 0.29) is 0 Å². The standard InChI is InChI=1S/C9H11O/c1-2-5-8-6-3-4-7-9(8)10/h3,6-7,10H,2,5H2,1H3. The molecule has 1 nitrogen and oxygen atoms in total. The monoisotopic (exact) mass is 135 g/mol. The second-order valence-corrected chi connectivity index (χ2v) is 2.30. The summed E-state index contributed by atoms with van der Waals surface area (Å²) in [6.07, 6.45) is 2.01. The average molecular weight is 135 g/mol. The quantitative estimate of drug-likeness (QED) is 0.658. The molecule has 1 N–H and O–H groups in total. The van der Waals surface area contributed by atoms with Crippen molar-refractivity contribution >= 4 is 0 Å². The minimum atomic E-state index is 0.365. The van der Waals surface area contributed by atoms with E-state index in [1.54, 1.807) is 6.07 Å². The highest BCUT2D eigenvalue weighted by Crippen LogP contribution is 2.16. The number of rotatable bonds is 2. The maximum absolute atomic E-state index is 9.21. The molecule has 0 unspecified atom stereocenters. The van der Waals surface area contributed by atoms with Gasteiger partial charge in [0.05, 0.1) is 0 Å². The largest absolute Gasteiger partial charge is 0.508 e. The molecule has 0 aromatic heterocycles. The molecule has 53 valence electrons. The predicted octanol–water partition coefficient (Wildman–Crippen LogP) is 2.14. The zero-order chi connectivity index (χ0) is 7.40. The maximum Gasteiger partial charge on any atom is 0.119 e. The second kappa shape index (κ2) is 3.25. The van der Waals surface area contributed by atoms with Crippen LogP contribution in [-0.4, -0.2) is 5.11 Å². The van der Waals surface area contributed by atoms with Crippen LogP contribution in [-0.2, 0) is 6.42 Å². The minimum absolute atomic E-state index is 0.365. The fourth-order valence-corrected chi connectivity index (χ4v) is 0.935. The van der Waals surface area contributed by atoms with Crippen LogP contribution in [0.2, 0.25) is 0 Å². The van der Waals surface area contributed by atoms with E-state index in [1.165, 1.54) is 0 Å². The predicted molar refractivity (Wildman–Crippen MR) is 40.9 cm³/mol. The molecule has 1 radical (unpaired) electrons. The van der Waals surface area contributed by atoms with E-state index >= 15 is 0 Å². The Hall–Kier alpha value is -0.980. The molecule has 0 bridgehead atoms. The third-order valence-corrected chi connectivity index (χ3v) is 1.45. The molecule has 0 aliphatic rings. The molecule has 0 saturated heterocycles.